The fraction of sp³-hybridized carbons (Fsp3) is 0.400. The molecule has 0 saturated carbocycles. The number of hydrogen-bond donors (Lipinski definition) is 2. The number of rotatable bonds is 6. The maximum Gasteiger partial charge on any atom is 0.337 e. The van der Waals surface area contributed by atoms with Gasteiger partial charge in [-0.25, -0.2) is 4.79 Å². The van der Waals surface area contributed by atoms with Crippen LogP contribution in [-0.4, -0.2) is 63.5 Å². The van der Waals surface area contributed by atoms with Crippen LogP contribution in [0.3, 0.4) is 0 Å². The molecule has 2 N–H and O–H groups in total. The van der Waals surface area contributed by atoms with E-state index in [1.165, 1.54) is 12.0 Å². The van der Waals surface area contributed by atoms with Crippen molar-refractivity contribution in [1.29, 1.82) is 0 Å². The molecule has 0 radical (unpaired) electrons. The van der Waals surface area contributed by atoms with Gasteiger partial charge in [0.25, 0.3) is 5.91 Å². The number of nitrogens with one attached hydrogen (secondary N) is 1. The van der Waals surface area contributed by atoms with Gasteiger partial charge < -0.3 is 24.6 Å². The molecule has 2 aliphatic heterocycles. The van der Waals surface area contributed by atoms with Crippen LogP contribution in [-0.2, 0) is 27.3 Å². The van der Waals surface area contributed by atoms with Gasteiger partial charge in [-0.3, -0.25) is 4.79 Å². The number of aliphatic hydroxyl groups excluding tert-OH is 1. The van der Waals surface area contributed by atoms with Crippen LogP contribution in [0.15, 0.2) is 35.5 Å². The summed E-state index contributed by atoms with van der Waals surface area (Å²) in [7, 11) is 1.28. The van der Waals surface area contributed by atoms with Gasteiger partial charge in [-0.15, -0.1) is 10.2 Å². The number of aliphatic hydroxyl groups is 1. The van der Waals surface area contributed by atoms with Gasteiger partial charge in [-0.05, 0) is 25.0 Å². The summed E-state index contributed by atoms with van der Waals surface area (Å²) in [5.41, 5.74) is 1.96. The van der Waals surface area contributed by atoms with Crippen molar-refractivity contribution < 1.29 is 19.4 Å². The zero-order valence-electron chi connectivity index (χ0n) is 16.2. The largest absolute Gasteiger partial charge is 0.466 e. The molecule has 29 heavy (non-hydrogen) atoms. The number of aryl methyl sites for hydroxylation is 1. The molecule has 1 aromatic carbocycles. The molecule has 2 aromatic rings. The van der Waals surface area contributed by atoms with Crippen molar-refractivity contribution in [2.24, 2.45) is 0 Å². The van der Waals surface area contributed by atoms with Gasteiger partial charge in [0.15, 0.2) is 5.82 Å². The number of methoxy groups -OCH3 is 1. The monoisotopic (exact) mass is 397 g/mol. The minimum absolute atomic E-state index is 0.103. The van der Waals surface area contributed by atoms with Crippen LogP contribution in [0.1, 0.15) is 18.7 Å². The highest BCUT2D eigenvalue weighted by molar-refractivity contribution is 6.08. The summed E-state index contributed by atoms with van der Waals surface area (Å²) in [6.07, 6.45) is 3.15. The zero-order valence-corrected chi connectivity index (χ0v) is 16.2. The molecule has 152 valence electrons. The van der Waals surface area contributed by atoms with Crippen LogP contribution in [0.4, 0.5) is 5.69 Å². The highest BCUT2D eigenvalue weighted by Gasteiger charge is 2.34. The lowest BCUT2D eigenvalue weighted by atomic mass is 10.1. The topological polar surface area (TPSA) is 110 Å². The first kappa shape index (κ1) is 19.1. The number of hydrogen-bond acceptors (Lipinski definition) is 7. The molecular formula is C20H23N5O4. The van der Waals surface area contributed by atoms with Gasteiger partial charge in [0.2, 0.25) is 0 Å². The third-order valence-corrected chi connectivity index (χ3v) is 5.20. The fourth-order valence-electron chi connectivity index (χ4n) is 3.75. The Balaban J connectivity index is 1.64. The van der Waals surface area contributed by atoms with E-state index in [4.69, 9.17) is 4.74 Å². The van der Waals surface area contributed by atoms with E-state index in [2.05, 4.69) is 20.1 Å². The van der Waals surface area contributed by atoms with Crippen LogP contribution < -0.4 is 5.32 Å². The SMILES string of the molecule is COC(=O)C1=C(Nc2cccc(-c3nnc4n3CCCC4)c2)C(=O)N(CCO)C1. The molecule has 0 spiro atoms. The lowest BCUT2D eigenvalue weighted by Gasteiger charge is -2.16. The molecule has 0 bridgehead atoms. The van der Waals surface area contributed by atoms with Gasteiger partial charge in [0, 0.05) is 30.8 Å². The number of amides is 1. The molecule has 1 amide bonds. The van der Waals surface area contributed by atoms with Gasteiger partial charge in [0.1, 0.15) is 11.5 Å². The molecule has 3 heterocycles. The third kappa shape index (κ3) is 3.61. The van der Waals surface area contributed by atoms with Gasteiger partial charge in [-0.2, -0.15) is 0 Å². The average molecular weight is 397 g/mol. The second kappa shape index (κ2) is 8.04. The number of ether oxygens (including phenoxy) is 1. The number of esters is 1. The Morgan fingerprint density at radius 2 is 2.17 bits per heavy atom. The van der Waals surface area contributed by atoms with Crippen molar-refractivity contribution >= 4 is 17.6 Å². The Kier molecular flexibility index (Phi) is 5.30. The summed E-state index contributed by atoms with van der Waals surface area (Å²) in [5.74, 6) is 0.879. The van der Waals surface area contributed by atoms with E-state index in [0.717, 1.165) is 43.0 Å². The van der Waals surface area contributed by atoms with Gasteiger partial charge in [-0.1, -0.05) is 12.1 Å². The highest BCUT2D eigenvalue weighted by atomic mass is 16.5. The predicted molar refractivity (Wildman–Crippen MR) is 105 cm³/mol. The quantitative estimate of drug-likeness (QED) is 0.699. The summed E-state index contributed by atoms with van der Waals surface area (Å²) >= 11 is 0. The molecule has 9 heteroatoms. The Morgan fingerprint density at radius 3 is 2.97 bits per heavy atom. The molecule has 0 aliphatic carbocycles. The van der Waals surface area contributed by atoms with Crippen LogP contribution in [0, 0.1) is 0 Å². The Hall–Kier alpha value is -3.20. The number of benzene rings is 1. The Labute approximate surface area is 168 Å². The molecule has 9 nitrogen and oxygen atoms in total. The minimum atomic E-state index is -0.566. The lowest BCUT2D eigenvalue weighted by molar-refractivity contribution is -0.136. The molecule has 0 saturated heterocycles. The number of nitrogens with zero attached hydrogens (tertiary/aromatic N) is 4. The summed E-state index contributed by atoms with van der Waals surface area (Å²) < 4.78 is 6.95. The number of anilines is 1. The molecule has 1 aromatic heterocycles. The second-order valence-electron chi connectivity index (χ2n) is 7.05. The van der Waals surface area contributed by atoms with E-state index >= 15 is 0 Å². The van der Waals surface area contributed by atoms with Gasteiger partial charge in [0.05, 0.1) is 25.8 Å². The van der Waals surface area contributed by atoms with E-state index in [1.807, 2.05) is 24.3 Å². The van der Waals surface area contributed by atoms with Crippen LogP contribution >= 0.6 is 0 Å². The Morgan fingerprint density at radius 1 is 1.31 bits per heavy atom. The van der Waals surface area contributed by atoms with Crippen LogP contribution in [0.5, 0.6) is 0 Å². The maximum atomic E-state index is 12.7. The van der Waals surface area contributed by atoms with Crippen molar-refractivity contribution in [1.82, 2.24) is 19.7 Å². The summed E-state index contributed by atoms with van der Waals surface area (Å²) in [6, 6.07) is 7.52. The van der Waals surface area contributed by atoms with Gasteiger partial charge >= 0.3 is 5.97 Å². The first-order valence-corrected chi connectivity index (χ1v) is 9.63. The standard InChI is InChI=1S/C20H23N5O4/c1-29-20(28)15-12-24(9-10-26)19(27)17(15)21-14-6-4-5-13(11-14)18-23-22-16-7-2-3-8-25(16)18/h4-6,11,21,26H,2-3,7-10,12H2,1H3. The van der Waals surface area contributed by atoms with Crippen LogP contribution in [0.25, 0.3) is 11.4 Å². The van der Waals surface area contributed by atoms with E-state index in [1.54, 1.807) is 0 Å². The normalized spacial score (nSPS) is 16.2. The minimum Gasteiger partial charge on any atom is -0.466 e. The van der Waals surface area contributed by atoms with Crippen molar-refractivity contribution in [3.63, 3.8) is 0 Å². The molecular weight excluding hydrogens is 374 g/mol. The van der Waals surface area contributed by atoms with E-state index in [9.17, 15) is 14.7 Å². The smallest absolute Gasteiger partial charge is 0.337 e. The fourth-order valence-corrected chi connectivity index (χ4v) is 3.75. The molecule has 4 rings (SSSR count). The maximum absolute atomic E-state index is 12.7. The van der Waals surface area contributed by atoms with Crippen molar-refractivity contribution in [3.8, 4) is 11.4 Å². The summed E-state index contributed by atoms with van der Waals surface area (Å²) in [5, 5.41) is 20.9. The van der Waals surface area contributed by atoms with E-state index in [0.29, 0.717) is 5.69 Å². The number of carbonyl (C=O) groups excluding carboxylic acids is 2. The molecule has 0 atom stereocenters. The van der Waals surface area contributed by atoms with Crippen LogP contribution in [0.2, 0.25) is 0 Å². The number of fused-ring (bicyclic) bond motifs is 1. The zero-order chi connectivity index (χ0) is 20.4. The molecule has 0 fully saturated rings. The van der Waals surface area contributed by atoms with Crippen molar-refractivity contribution in [2.45, 2.75) is 25.8 Å². The first-order valence-electron chi connectivity index (χ1n) is 9.63. The average Bonchev–Trinajstić information content (AvgIpc) is 3.31. The second-order valence-corrected chi connectivity index (χ2v) is 7.05. The summed E-state index contributed by atoms with van der Waals surface area (Å²) in [4.78, 5) is 26.2. The first-order chi connectivity index (χ1) is 14.1. The third-order valence-electron chi connectivity index (χ3n) is 5.20. The predicted octanol–water partition coefficient (Wildman–Crippen LogP) is 0.955. The lowest BCUT2D eigenvalue weighted by Crippen LogP contribution is -2.31. The van der Waals surface area contributed by atoms with Crippen molar-refractivity contribution in [3.05, 3.63) is 41.4 Å². The van der Waals surface area contributed by atoms with E-state index in [-0.39, 0.29) is 36.9 Å². The van der Waals surface area contributed by atoms with E-state index < -0.39 is 5.97 Å². The number of carbonyl (C=O) groups is 2. The number of β-amino-alcohol motifs (C(OH)–C–C–N with tert-alkyl or cyclic N) is 1. The number of aromatic nitrogens is 3. The Bertz CT molecular complexity index is 981. The highest BCUT2D eigenvalue weighted by Crippen LogP contribution is 2.27. The molecule has 2 aliphatic rings. The summed E-state index contributed by atoms with van der Waals surface area (Å²) in [6.45, 7) is 0.963. The molecule has 0 unspecified atom stereocenters. The van der Waals surface area contributed by atoms with Crippen molar-refractivity contribution in [2.75, 3.05) is 32.1 Å².